The van der Waals surface area contributed by atoms with E-state index in [9.17, 15) is 13.2 Å². The van der Waals surface area contributed by atoms with E-state index in [4.69, 9.17) is 12.3 Å². The largest absolute Gasteiger partial charge is 0.393 e. The van der Waals surface area contributed by atoms with Crippen molar-refractivity contribution in [2.24, 2.45) is 5.89 Å². The number of halogens is 3. The summed E-state index contributed by atoms with van der Waals surface area (Å²) >= 11 is 0. The molecule has 0 amide bonds. The minimum Gasteiger partial charge on any atom is -0.316 e. The molecular formula is C6H10F3N. The van der Waals surface area contributed by atoms with Crippen LogP contribution in [0.25, 0.3) is 0 Å². The second-order valence-electron chi connectivity index (χ2n) is 1.50. The zero-order chi connectivity index (χ0) is 15.7. The maximum atomic E-state index is 12.9. The lowest BCUT2D eigenvalue weighted by molar-refractivity contribution is -0.177. The Morgan fingerprint density at radius 1 is 1.60 bits per heavy atom. The first-order valence-corrected chi connectivity index (χ1v) is 2.32. The van der Waals surface area contributed by atoms with Crippen LogP contribution in [0.4, 0.5) is 13.2 Å². The van der Waals surface area contributed by atoms with Crippen LogP contribution in [0.15, 0.2) is 0 Å². The summed E-state index contributed by atoms with van der Waals surface area (Å²) < 4.78 is 103. The fraction of sp³-hybridized carbons (Fsp3) is 1.00. The van der Waals surface area contributed by atoms with Crippen molar-refractivity contribution in [3.63, 3.8) is 0 Å². The number of nitrogens with one attached hydrogen (secondary N) is 1. The van der Waals surface area contributed by atoms with E-state index in [-0.39, 0.29) is 0 Å². The Bertz CT molecular complexity index is 392. The van der Waals surface area contributed by atoms with Gasteiger partial charge in [0.15, 0.2) is 0 Å². The van der Waals surface area contributed by atoms with Gasteiger partial charge in [-0.3, -0.25) is 0 Å². The topological polar surface area (TPSA) is 12.0 Å². The van der Waals surface area contributed by atoms with E-state index in [1.807, 2.05) is 0 Å². The molecule has 60 valence electrons. The first-order valence-electron chi connectivity index (χ1n) is 6.82. The highest BCUT2D eigenvalue weighted by atomic mass is 19.4. The molecule has 1 heterocycles. The number of piperidine rings is 1. The molecule has 1 unspecified atom stereocenters. The Hall–Kier alpha value is -0.250. The third-order valence-electron chi connectivity index (χ3n) is 0.783. The van der Waals surface area contributed by atoms with Crippen molar-refractivity contribution < 1.29 is 25.5 Å². The Morgan fingerprint density at radius 3 is 2.90 bits per heavy atom. The average Bonchev–Trinajstić information content (AvgIpc) is 2.10. The zero-order valence-electron chi connectivity index (χ0n) is 13.6. The van der Waals surface area contributed by atoms with Gasteiger partial charge in [-0.15, -0.1) is 0 Å². The van der Waals surface area contributed by atoms with Gasteiger partial charge >= 0.3 is 6.18 Å². The first kappa shape index (κ1) is 2.12. The predicted octanol–water partition coefficient (Wildman–Crippen LogP) is 1.55. The fourth-order valence-corrected chi connectivity index (χ4v) is 0.392. The van der Waals surface area contributed by atoms with E-state index in [0.29, 0.717) is 0 Å². The molecule has 0 aromatic heterocycles. The third-order valence-corrected chi connectivity index (χ3v) is 0.783. The number of hydrogen-bond acceptors (Lipinski definition) is 1. The van der Waals surface area contributed by atoms with E-state index >= 15 is 0 Å². The highest BCUT2D eigenvalue weighted by molar-refractivity contribution is 4.74. The molecule has 1 aliphatic heterocycles. The second-order valence-corrected chi connectivity index (χ2v) is 1.50. The summed E-state index contributed by atoms with van der Waals surface area (Å²) in [6.45, 7) is -7.28. The molecule has 4 heteroatoms. The lowest BCUT2D eigenvalue weighted by Gasteiger charge is -2.24. The van der Waals surface area contributed by atoms with Crippen LogP contribution >= 0.6 is 0 Å². The fourth-order valence-electron chi connectivity index (χ4n) is 0.392. The van der Waals surface area contributed by atoms with Crippen molar-refractivity contribution in [1.29, 1.82) is 0 Å². The molecule has 1 saturated heterocycles. The summed E-state index contributed by atoms with van der Waals surface area (Å²) in [6, 6.07) is 0. The smallest absolute Gasteiger partial charge is 0.316 e. The van der Waals surface area contributed by atoms with Gasteiger partial charge in [-0.05, 0) is 19.2 Å². The monoisotopic (exact) mass is 162 g/mol. The normalized spacial score (nSPS) is 69.3. The molecule has 0 saturated carbocycles. The van der Waals surface area contributed by atoms with Crippen LogP contribution in [-0.2, 0) is 0 Å². The zero-order valence-corrected chi connectivity index (χ0v) is 4.63. The molecule has 1 atom stereocenters. The number of alkyl halides is 3. The van der Waals surface area contributed by atoms with Crippen LogP contribution in [0.5, 0.6) is 0 Å². The van der Waals surface area contributed by atoms with Crippen molar-refractivity contribution >= 4 is 0 Å². The van der Waals surface area contributed by atoms with E-state index in [1.165, 1.54) is 0 Å². The molecule has 1 aliphatic rings. The minimum atomic E-state index is -5.75. The van der Waals surface area contributed by atoms with Gasteiger partial charge in [0.25, 0.3) is 0 Å². The predicted molar refractivity (Wildman–Crippen MR) is 31.6 cm³/mol. The molecule has 0 aromatic carbocycles. The van der Waals surface area contributed by atoms with Crippen LogP contribution in [0.2, 0.25) is 0 Å². The van der Waals surface area contributed by atoms with Crippen molar-refractivity contribution in [2.75, 3.05) is 13.0 Å². The molecule has 1 rings (SSSR count). The van der Waals surface area contributed by atoms with Crippen LogP contribution < -0.4 is 5.32 Å². The van der Waals surface area contributed by atoms with Gasteiger partial charge in [-0.2, -0.15) is 13.2 Å². The SMILES string of the molecule is [2H]C1([2H])NC([2H])([2H])C([2H])(C(F)(F)F)C([2H])([2H])C1([2H])[2H]. The Balaban J connectivity index is 3.65. The molecule has 0 spiro atoms. The average molecular weight is 162 g/mol. The van der Waals surface area contributed by atoms with Crippen LogP contribution in [0.1, 0.15) is 25.1 Å². The quantitative estimate of drug-likeness (QED) is 0.570. The van der Waals surface area contributed by atoms with E-state index in [1.54, 1.807) is 0 Å². The van der Waals surface area contributed by atoms with Crippen molar-refractivity contribution in [1.82, 2.24) is 5.32 Å². The van der Waals surface area contributed by atoms with Gasteiger partial charge in [0.05, 0.1) is 5.89 Å². The minimum absolute atomic E-state index is 1.12. The summed E-state index contributed by atoms with van der Waals surface area (Å²) in [4.78, 5) is 0. The van der Waals surface area contributed by atoms with E-state index in [2.05, 4.69) is 0 Å². The molecule has 0 bridgehead atoms. The number of hydrogen-bond donors (Lipinski definition) is 1. The Labute approximate surface area is 70.2 Å². The molecule has 0 radical (unpaired) electrons. The van der Waals surface area contributed by atoms with Gasteiger partial charge < -0.3 is 5.32 Å². The maximum absolute atomic E-state index is 12.9. The van der Waals surface area contributed by atoms with Gasteiger partial charge in [-0.1, -0.05) is 0 Å². The van der Waals surface area contributed by atoms with Gasteiger partial charge in [-0.25, -0.2) is 0 Å². The van der Waals surface area contributed by atoms with Gasteiger partial charge in [0.1, 0.15) is 0 Å². The molecular weight excluding hydrogens is 143 g/mol. The Morgan fingerprint density at radius 2 is 2.30 bits per heavy atom. The molecule has 1 N–H and O–H groups in total. The Kier molecular flexibility index (Phi) is 0.590. The number of rotatable bonds is 0. The summed E-state index contributed by atoms with van der Waals surface area (Å²) in [6.07, 6.45) is -13.7. The highest BCUT2D eigenvalue weighted by Crippen LogP contribution is 2.30. The summed E-state index contributed by atoms with van der Waals surface area (Å²) in [5, 5.41) is 1.12. The third kappa shape index (κ3) is 1.87. The lowest BCUT2D eigenvalue weighted by atomic mass is 9.99. The van der Waals surface area contributed by atoms with E-state index in [0.717, 1.165) is 5.32 Å². The maximum Gasteiger partial charge on any atom is 0.393 e. The van der Waals surface area contributed by atoms with Gasteiger partial charge in [0.2, 0.25) is 0 Å². The van der Waals surface area contributed by atoms with Gasteiger partial charge in [0, 0.05) is 18.8 Å². The van der Waals surface area contributed by atoms with Crippen molar-refractivity contribution in [3.8, 4) is 0 Å². The van der Waals surface area contributed by atoms with Crippen LogP contribution in [0.3, 0.4) is 0 Å². The summed E-state index contributed by atoms with van der Waals surface area (Å²) in [5.74, 6) is -4.51. The van der Waals surface area contributed by atoms with Crippen LogP contribution in [0, 0.1) is 5.89 Å². The molecule has 10 heavy (non-hydrogen) atoms. The summed E-state index contributed by atoms with van der Waals surface area (Å²) in [7, 11) is 0. The first-order chi connectivity index (χ1) is 7.96. The van der Waals surface area contributed by atoms with Crippen molar-refractivity contribution in [2.45, 2.75) is 18.9 Å². The summed E-state index contributed by atoms with van der Waals surface area (Å²) in [5.41, 5.74) is 0. The highest BCUT2D eigenvalue weighted by Gasteiger charge is 2.39. The molecule has 1 nitrogen and oxygen atoms in total. The molecule has 0 aromatic rings. The van der Waals surface area contributed by atoms with Crippen molar-refractivity contribution in [3.05, 3.63) is 0 Å². The lowest BCUT2D eigenvalue weighted by Crippen LogP contribution is -2.38. The van der Waals surface area contributed by atoms with Crippen LogP contribution in [-0.4, -0.2) is 19.2 Å². The standard InChI is InChI=1S/C6H10F3N/c7-6(8,9)5-2-1-3-10-4-5/h5,10H,1-4H2/i1D2,2D2,3D2,4D2,5D. The molecule has 0 aliphatic carbocycles. The molecule has 1 fully saturated rings. The second kappa shape index (κ2) is 2.78. The van der Waals surface area contributed by atoms with E-state index < -0.39 is 37.8 Å².